The summed E-state index contributed by atoms with van der Waals surface area (Å²) in [4.78, 5) is 12.4. The number of hydrogen-bond donors (Lipinski definition) is 0. The van der Waals surface area contributed by atoms with Gasteiger partial charge in [-0.2, -0.15) is 0 Å². The first-order valence-corrected chi connectivity index (χ1v) is 9.56. The Bertz CT molecular complexity index is 1070. The van der Waals surface area contributed by atoms with E-state index in [4.69, 9.17) is 30.2 Å². The molecule has 1 aliphatic rings. The number of aryl methyl sites for hydroxylation is 1. The Balaban J connectivity index is 1.37. The predicted molar refractivity (Wildman–Crippen MR) is 110 cm³/mol. The third kappa shape index (κ3) is 4.63. The van der Waals surface area contributed by atoms with Crippen LogP contribution in [0.15, 0.2) is 59.0 Å². The molecule has 0 spiro atoms. The molecule has 3 aromatic rings. The van der Waals surface area contributed by atoms with Crippen molar-refractivity contribution >= 4 is 23.5 Å². The monoisotopic (exact) mass is 410 g/mol. The molecule has 29 heavy (non-hydrogen) atoms. The second kappa shape index (κ2) is 8.45. The highest BCUT2D eigenvalue weighted by atomic mass is 35.5. The Morgan fingerprint density at radius 1 is 1.07 bits per heavy atom. The Morgan fingerprint density at radius 3 is 2.72 bits per heavy atom. The average Bonchev–Trinajstić information content (AvgIpc) is 3.20. The maximum Gasteiger partial charge on any atom is 0.186 e. The standard InChI is InChI=1S/C23H19ClO5/c1-15-12-18(5-7-20(15)24)28-14-19-4-3-17(29-19)6-8-21(25)16-2-9-22-23(13-16)27-11-10-26-22/h2-9,12-13H,10-11,14H2,1H3/b8-6+. The van der Waals surface area contributed by atoms with Crippen LogP contribution in [0.25, 0.3) is 6.08 Å². The number of furan rings is 1. The van der Waals surface area contributed by atoms with Crippen molar-refractivity contribution in [2.75, 3.05) is 13.2 Å². The zero-order chi connectivity index (χ0) is 20.2. The molecule has 148 valence electrons. The molecule has 0 saturated carbocycles. The van der Waals surface area contributed by atoms with Gasteiger partial charge < -0.3 is 18.6 Å². The molecule has 0 atom stereocenters. The molecule has 1 aliphatic heterocycles. The van der Waals surface area contributed by atoms with E-state index in [-0.39, 0.29) is 12.4 Å². The van der Waals surface area contributed by atoms with Gasteiger partial charge in [-0.3, -0.25) is 4.79 Å². The molecule has 0 bridgehead atoms. The van der Waals surface area contributed by atoms with Gasteiger partial charge in [0.15, 0.2) is 17.3 Å². The van der Waals surface area contributed by atoms with Gasteiger partial charge in [-0.1, -0.05) is 11.6 Å². The van der Waals surface area contributed by atoms with E-state index in [1.807, 2.05) is 25.1 Å². The van der Waals surface area contributed by atoms with Crippen molar-refractivity contribution in [3.63, 3.8) is 0 Å². The lowest BCUT2D eigenvalue weighted by Crippen LogP contribution is -2.15. The first kappa shape index (κ1) is 19.2. The fourth-order valence-corrected chi connectivity index (χ4v) is 2.99. The van der Waals surface area contributed by atoms with Gasteiger partial charge in [0.2, 0.25) is 0 Å². The molecule has 0 fully saturated rings. The second-order valence-corrected chi connectivity index (χ2v) is 6.97. The van der Waals surface area contributed by atoms with Gasteiger partial charge in [-0.15, -0.1) is 0 Å². The average molecular weight is 411 g/mol. The van der Waals surface area contributed by atoms with Crippen LogP contribution in [0.2, 0.25) is 5.02 Å². The molecular formula is C23H19ClO5. The molecule has 0 radical (unpaired) electrons. The van der Waals surface area contributed by atoms with Crippen molar-refractivity contribution < 1.29 is 23.4 Å². The number of benzene rings is 2. The van der Waals surface area contributed by atoms with Gasteiger partial charge in [0.1, 0.15) is 37.1 Å². The molecule has 1 aromatic heterocycles. The van der Waals surface area contributed by atoms with E-state index in [1.165, 1.54) is 6.08 Å². The zero-order valence-corrected chi connectivity index (χ0v) is 16.6. The highest BCUT2D eigenvalue weighted by molar-refractivity contribution is 6.31. The maximum atomic E-state index is 12.4. The Labute approximate surface area is 173 Å². The van der Waals surface area contributed by atoms with Crippen LogP contribution in [0.4, 0.5) is 0 Å². The van der Waals surface area contributed by atoms with Crippen LogP contribution in [-0.4, -0.2) is 19.0 Å². The topological polar surface area (TPSA) is 57.9 Å². The van der Waals surface area contributed by atoms with E-state index in [1.54, 1.807) is 36.4 Å². The predicted octanol–water partition coefficient (Wildman–Crippen LogP) is 5.49. The van der Waals surface area contributed by atoms with E-state index in [2.05, 4.69) is 0 Å². The van der Waals surface area contributed by atoms with Crippen LogP contribution in [-0.2, 0) is 6.61 Å². The largest absolute Gasteiger partial charge is 0.486 e. The van der Waals surface area contributed by atoms with E-state index < -0.39 is 0 Å². The molecule has 6 heteroatoms. The number of halogens is 1. The van der Waals surface area contributed by atoms with E-state index in [9.17, 15) is 4.79 Å². The van der Waals surface area contributed by atoms with Gasteiger partial charge in [-0.05, 0) is 73.2 Å². The Hall–Kier alpha value is -3.18. The van der Waals surface area contributed by atoms with Crippen molar-refractivity contribution in [3.8, 4) is 17.2 Å². The molecule has 0 unspecified atom stereocenters. The van der Waals surface area contributed by atoms with Gasteiger partial charge in [0, 0.05) is 10.6 Å². The third-order valence-corrected chi connectivity index (χ3v) is 4.84. The molecule has 0 aliphatic carbocycles. The first-order valence-electron chi connectivity index (χ1n) is 9.18. The summed E-state index contributed by atoms with van der Waals surface area (Å²) in [5.74, 6) is 3.04. The van der Waals surface area contributed by atoms with E-state index in [0.717, 1.165) is 5.56 Å². The Morgan fingerprint density at radius 2 is 1.90 bits per heavy atom. The number of hydrogen-bond acceptors (Lipinski definition) is 5. The lowest BCUT2D eigenvalue weighted by atomic mass is 10.1. The number of carbonyl (C=O) groups excluding carboxylic acids is 1. The summed E-state index contributed by atoms with van der Waals surface area (Å²) in [7, 11) is 0. The second-order valence-electron chi connectivity index (χ2n) is 6.56. The molecule has 0 N–H and O–H groups in total. The van der Waals surface area contributed by atoms with Crippen molar-refractivity contribution in [1.29, 1.82) is 0 Å². The molecule has 4 rings (SSSR count). The minimum absolute atomic E-state index is 0.146. The SMILES string of the molecule is Cc1cc(OCc2ccc(/C=C/C(=O)c3ccc4c(c3)OCCO4)o2)ccc1Cl. The maximum absolute atomic E-state index is 12.4. The smallest absolute Gasteiger partial charge is 0.186 e. The lowest BCUT2D eigenvalue weighted by molar-refractivity contribution is 0.104. The van der Waals surface area contributed by atoms with Gasteiger partial charge in [-0.25, -0.2) is 0 Å². The first-order chi connectivity index (χ1) is 14.1. The van der Waals surface area contributed by atoms with Crippen molar-refractivity contribution in [2.45, 2.75) is 13.5 Å². The van der Waals surface area contributed by atoms with Crippen LogP contribution >= 0.6 is 11.6 Å². The highest BCUT2D eigenvalue weighted by Gasteiger charge is 2.14. The van der Waals surface area contributed by atoms with Crippen LogP contribution in [0.5, 0.6) is 17.2 Å². The van der Waals surface area contributed by atoms with Crippen molar-refractivity contribution in [3.05, 3.63) is 82.3 Å². The van der Waals surface area contributed by atoms with Crippen molar-refractivity contribution in [2.24, 2.45) is 0 Å². The number of allylic oxidation sites excluding steroid dienone is 1. The molecule has 2 heterocycles. The number of fused-ring (bicyclic) bond motifs is 1. The number of ether oxygens (including phenoxy) is 3. The minimum Gasteiger partial charge on any atom is -0.486 e. The summed E-state index contributed by atoms with van der Waals surface area (Å²) in [6.45, 7) is 3.20. The van der Waals surface area contributed by atoms with Crippen LogP contribution < -0.4 is 14.2 Å². The van der Waals surface area contributed by atoms with Crippen LogP contribution in [0.3, 0.4) is 0 Å². The quantitative estimate of drug-likeness (QED) is 0.397. The number of carbonyl (C=O) groups is 1. The minimum atomic E-state index is -0.146. The number of ketones is 1. The summed E-state index contributed by atoms with van der Waals surface area (Å²) in [6, 6.07) is 14.2. The molecule has 0 saturated heterocycles. The number of rotatable bonds is 6. The summed E-state index contributed by atoms with van der Waals surface area (Å²) in [6.07, 6.45) is 3.10. The summed E-state index contributed by atoms with van der Waals surface area (Å²) in [5, 5.41) is 0.699. The third-order valence-electron chi connectivity index (χ3n) is 4.42. The van der Waals surface area contributed by atoms with Crippen LogP contribution in [0, 0.1) is 6.92 Å². The zero-order valence-electron chi connectivity index (χ0n) is 15.8. The highest BCUT2D eigenvalue weighted by Crippen LogP contribution is 2.31. The van der Waals surface area contributed by atoms with E-state index in [0.29, 0.717) is 52.6 Å². The summed E-state index contributed by atoms with van der Waals surface area (Å²) >= 11 is 6.02. The molecular weight excluding hydrogens is 392 g/mol. The molecule has 0 amide bonds. The van der Waals surface area contributed by atoms with Gasteiger partial charge in [0.05, 0.1) is 0 Å². The normalized spacial score (nSPS) is 12.9. The Kier molecular flexibility index (Phi) is 5.58. The molecule has 5 nitrogen and oxygen atoms in total. The fraction of sp³-hybridized carbons (Fsp3) is 0.174. The lowest BCUT2D eigenvalue weighted by Gasteiger charge is -2.18. The van der Waals surface area contributed by atoms with Gasteiger partial charge >= 0.3 is 0 Å². The fourth-order valence-electron chi connectivity index (χ4n) is 2.87. The van der Waals surface area contributed by atoms with Crippen molar-refractivity contribution in [1.82, 2.24) is 0 Å². The summed E-state index contributed by atoms with van der Waals surface area (Å²) in [5.41, 5.74) is 1.48. The molecule has 2 aromatic carbocycles. The van der Waals surface area contributed by atoms with E-state index >= 15 is 0 Å². The summed E-state index contributed by atoms with van der Waals surface area (Å²) < 4.78 is 22.4. The van der Waals surface area contributed by atoms with Gasteiger partial charge in [0.25, 0.3) is 0 Å². The van der Waals surface area contributed by atoms with Crippen LogP contribution in [0.1, 0.15) is 27.4 Å².